The third kappa shape index (κ3) is 17.5. The molecule has 5 fully saturated rings. The predicted octanol–water partition coefficient (Wildman–Crippen LogP) is 2.67. The summed E-state index contributed by atoms with van der Waals surface area (Å²) in [6, 6.07) is 0. The zero-order chi connectivity index (χ0) is 56.8. The molecular weight excluding hydrogens is 1020 g/mol. The molecule has 444 valence electrons. The minimum Gasteiger partial charge on any atom is -0.463 e. The molecule has 0 unspecified atom stereocenters. The Bertz CT molecular complexity index is 1870. The summed E-state index contributed by atoms with van der Waals surface area (Å²) in [5, 5.41) is 79.8. The van der Waals surface area contributed by atoms with E-state index in [1.165, 1.54) is 40.7 Å². The number of fused-ring (bicyclic) bond motifs is 4. The van der Waals surface area contributed by atoms with Gasteiger partial charge in [0.2, 0.25) is 0 Å². The average Bonchev–Trinajstić information content (AvgIpc) is 3.40. The van der Waals surface area contributed by atoms with E-state index in [0.29, 0.717) is 25.7 Å². The standard InChI is InChI=1S/C54H90O23/c1-11-13-22-33-23-20-18-16-14-15-17-19-21-24-35(56)72-46-43(75-51-41(62)40(61)42(31(9)68-51)73-48(63)26(3)4)32(10)69-54(47(46)74-49(64)27(5)12-2)77-45-39(60)37(58)34(25-66-50(65)28(6)29(7)55)71-53(45)76-44-38(59)36(57)30(8)67-52(44)70-33/h12,26,28-34,36-47,51-55,57-62H,11,13-25H2,1-10H3/b27-12+/t28-,29-,30+,31-,32+,33+,34-,36+,37-,38+,39-,40-,41-,42-,43-,44+,45+,46+,47-,51+,52-,53-,54+/m0/s1. The van der Waals surface area contributed by atoms with E-state index in [1.54, 1.807) is 27.7 Å². The van der Waals surface area contributed by atoms with Gasteiger partial charge < -0.3 is 92.6 Å². The number of aliphatic hydroxyl groups excluding tert-OH is 7. The minimum absolute atomic E-state index is 0.0739. The Morgan fingerprint density at radius 2 is 1.22 bits per heavy atom. The molecule has 5 aliphatic heterocycles. The van der Waals surface area contributed by atoms with Crippen LogP contribution in [0.3, 0.4) is 0 Å². The highest BCUT2D eigenvalue weighted by Gasteiger charge is 2.58. The van der Waals surface area contributed by atoms with E-state index in [2.05, 4.69) is 6.92 Å². The van der Waals surface area contributed by atoms with Crippen LogP contribution in [0.1, 0.15) is 153 Å². The zero-order valence-corrected chi connectivity index (χ0v) is 46.5. The van der Waals surface area contributed by atoms with E-state index in [0.717, 1.165) is 51.4 Å². The number of esters is 4. The summed E-state index contributed by atoms with van der Waals surface area (Å²) in [4.78, 5) is 53.5. The molecule has 23 atom stereocenters. The molecule has 0 aromatic heterocycles. The number of ether oxygens (including phenoxy) is 12. The lowest BCUT2D eigenvalue weighted by atomic mass is 9.95. The highest BCUT2D eigenvalue weighted by molar-refractivity contribution is 5.87. The second kappa shape index (κ2) is 30.7. The number of aliphatic hydroxyl groups is 7. The van der Waals surface area contributed by atoms with Crippen LogP contribution >= 0.6 is 0 Å². The third-order valence-corrected chi connectivity index (χ3v) is 15.1. The first kappa shape index (κ1) is 64.8. The molecule has 7 N–H and O–H groups in total. The number of allylic oxidation sites excluding steroid dienone is 1. The van der Waals surface area contributed by atoms with Gasteiger partial charge in [-0.3, -0.25) is 14.4 Å². The van der Waals surface area contributed by atoms with Gasteiger partial charge in [0.15, 0.2) is 43.5 Å². The number of carbonyl (C=O) groups excluding carboxylic acids is 4. The molecule has 0 aliphatic carbocycles. The second-order valence-electron chi connectivity index (χ2n) is 21.7. The topological polar surface area (TPSA) is 321 Å². The van der Waals surface area contributed by atoms with Crippen molar-refractivity contribution in [3.63, 3.8) is 0 Å². The van der Waals surface area contributed by atoms with E-state index >= 15 is 0 Å². The fourth-order valence-electron chi connectivity index (χ4n) is 9.74. The molecule has 0 aromatic carbocycles. The van der Waals surface area contributed by atoms with Crippen LogP contribution in [0.15, 0.2) is 11.6 Å². The molecule has 0 amide bonds. The van der Waals surface area contributed by atoms with E-state index in [4.69, 9.17) is 56.8 Å². The Hall–Kier alpha value is -2.98. The van der Waals surface area contributed by atoms with Gasteiger partial charge in [0.05, 0.1) is 42.4 Å². The highest BCUT2D eigenvalue weighted by atomic mass is 16.8. The van der Waals surface area contributed by atoms with Crippen molar-refractivity contribution in [2.75, 3.05) is 6.61 Å². The summed E-state index contributed by atoms with van der Waals surface area (Å²) < 4.78 is 74.2. The number of carbonyl (C=O) groups is 4. The lowest BCUT2D eigenvalue weighted by Crippen LogP contribution is -2.68. The van der Waals surface area contributed by atoms with Crippen LogP contribution in [-0.4, -0.2) is 201 Å². The van der Waals surface area contributed by atoms with Crippen LogP contribution in [0.4, 0.5) is 0 Å². The van der Waals surface area contributed by atoms with Crippen molar-refractivity contribution in [1.29, 1.82) is 0 Å². The van der Waals surface area contributed by atoms with Crippen molar-refractivity contribution in [2.45, 2.75) is 288 Å². The molecule has 5 rings (SSSR count). The molecule has 0 saturated carbocycles. The van der Waals surface area contributed by atoms with Crippen LogP contribution in [-0.2, 0) is 76.0 Å². The first-order valence-electron chi connectivity index (χ1n) is 27.9. The second-order valence-corrected chi connectivity index (χ2v) is 21.7. The van der Waals surface area contributed by atoms with Gasteiger partial charge in [0.1, 0.15) is 67.6 Å². The highest BCUT2D eigenvalue weighted by Crippen LogP contribution is 2.38. The molecule has 5 aliphatic rings. The van der Waals surface area contributed by atoms with Crippen LogP contribution in [0.25, 0.3) is 0 Å². The summed E-state index contributed by atoms with van der Waals surface area (Å²) in [5.41, 5.74) is 0.0983. The summed E-state index contributed by atoms with van der Waals surface area (Å²) in [7, 11) is 0. The Morgan fingerprint density at radius 1 is 0.636 bits per heavy atom. The smallest absolute Gasteiger partial charge is 0.333 e. The molecule has 0 aromatic rings. The molecule has 23 nitrogen and oxygen atoms in total. The van der Waals surface area contributed by atoms with E-state index in [-0.39, 0.29) is 18.1 Å². The maximum absolute atomic E-state index is 14.0. The van der Waals surface area contributed by atoms with Gasteiger partial charge in [-0.05, 0) is 67.7 Å². The number of hydrogen-bond acceptors (Lipinski definition) is 23. The minimum atomic E-state index is -2.03. The van der Waals surface area contributed by atoms with Crippen molar-refractivity contribution in [3.05, 3.63) is 11.6 Å². The summed E-state index contributed by atoms with van der Waals surface area (Å²) >= 11 is 0. The van der Waals surface area contributed by atoms with Crippen LogP contribution < -0.4 is 0 Å². The van der Waals surface area contributed by atoms with Gasteiger partial charge in [0, 0.05) is 12.0 Å². The zero-order valence-electron chi connectivity index (χ0n) is 46.5. The molecule has 5 heterocycles. The Kier molecular flexibility index (Phi) is 25.9. The van der Waals surface area contributed by atoms with Gasteiger partial charge in [-0.2, -0.15) is 0 Å². The largest absolute Gasteiger partial charge is 0.463 e. The van der Waals surface area contributed by atoms with Gasteiger partial charge in [-0.15, -0.1) is 0 Å². The van der Waals surface area contributed by atoms with Crippen molar-refractivity contribution in [3.8, 4) is 0 Å². The maximum Gasteiger partial charge on any atom is 0.333 e. The average molecular weight is 1110 g/mol. The molecule has 77 heavy (non-hydrogen) atoms. The summed E-state index contributed by atoms with van der Waals surface area (Å²) in [5.74, 6) is -4.73. The Labute approximate surface area is 452 Å². The SMILES string of the molecule is C/C=C(\C)C(=O)O[C@@H]1[C@H]2O[C@H]3[C@H](O[C@H]4[C@H](O[C@H](CCCC)CCCCCCCCCCC(=O)O[C@@H]1[C@@H](O[C@H]1O[C@@H](C)[C@H](OC(=O)C(C)C)[C@@H](O)[C@@H]1O)[C@@H](C)O2)O[C@H](C)[C@@H](O)[C@H]4O)O[C@@H](COC(=O)[C@@H](C)[C@H](C)O)[C@H](O)[C@@H]3O. The van der Waals surface area contributed by atoms with Gasteiger partial charge >= 0.3 is 23.9 Å². The maximum atomic E-state index is 14.0. The predicted molar refractivity (Wildman–Crippen MR) is 269 cm³/mol. The Morgan fingerprint density at radius 3 is 1.84 bits per heavy atom. The fraction of sp³-hybridized carbons (Fsp3) is 0.889. The number of rotatable bonds is 13. The van der Waals surface area contributed by atoms with Gasteiger partial charge in [0.25, 0.3) is 0 Å². The lowest BCUT2D eigenvalue weighted by molar-refractivity contribution is -0.399. The quantitative estimate of drug-likeness (QED) is 0.0792. The monoisotopic (exact) mass is 1110 g/mol. The van der Waals surface area contributed by atoms with Crippen LogP contribution in [0.2, 0.25) is 0 Å². The molecule has 0 radical (unpaired) electrons. The molecule has 0 spiro atoms. The van der Waals surface area contributed by atoms with Crippen LogP contribution in [0.5, 0.6) is 0 Å². The first-order chi connectivity index (χ1) is 36.5. The summed E-state index contributed by atoms with van der Waals surface area (Å²) in [6.45, 7) is 15.0. The van der Waals surface area contributed by atoms with E-state index < -0.39 is 171 Å². The molecule has 2 bridgehead atoms. The van der Waals surface area contributed by atoms with Crippen molar-refractivity contribution >= 4 is 23.9 Å². The summed E-state index contributed by atoms with van der Waals surface area (Å²) in [6.07, 6.45) is -22.6. The molecule has 23 heteroatoms. The lowest BCUT2D eigenvalue weighted by Gasteiger charge is -2.50. The van der Waals surface area contributed by atoms with Crippen molar-refractivity contribution < 1.29 is 112 Å². The fourth-order valence-corrected chi connectivity index (χ4v) is 9.74. The molecular formula is C54H90O23. The van der Waals surface area contributed by atoms with Crippen molar-refractivity contribution in [1.82, 2.24) is 0 Å². The van der Waals surface area contributed by atoms with Crippen molar-refractivity contribution in [2.24, 2.45) is 11.8 Å². The van der Waals surface area contributed by atoms with E-state index in [9.17, 15) is 54.9 Å². The van der Waals surface area contributed by atoms with Gasteiger partial charge in [-0.25, -0.2) is 4.79 Å². The third-order valence-electron chi connectivity index (χ3n) is 15.1. The normalized spacial score (nSPS) is 40.4. The van der Waals surface area contributed by atoms with Gasteiger partial charge in [-0.1, -0.05) is 84.6 Å². The number of hydrogen-bond donors (Lipinski definition) is 7. The van der Waals surface area contributed by atoms with Crippen LogP contribution in [0, 0.1) is 11.8 Å². The molecule has 5 saturated heterocycles. The van der Waals surface area contributed by atoms with E-state index in [1.807, 2.05) is 0 Å². The Balaban J connectivity index is 1.60. The first-order valence-corrected chi connectivity index (χ1v) is 27.9. The number of unbranched alkanes of at least 4 members (excludes halogenated alkanes) is 1.